The molecule has 0 spiro atoms. The van der Waals surface area contributed by atoms with Crippen LogP contribution in [0.15, 0.2) is 24.7 Å². The van der Waals surface area contributed by atoms with Crippen molar-refractivity contribution >= 4 is 41.5 Å². The smallest absolute Gasteiger partial charge is 0.271 e. The molecule has 0 fully saturated rings. The number of aryl methyl sites for hydroxylation is 1. The van der Waals surface area contributed by atoms with Gasteiger partial charge in [-0.05, 0) is 19.4 Å². The number of ether oxygens (including phenoxy) is 1. The lowest BCUT2D eigenvalue weighted by molar-refractivity contribution is 0.0995. The molecule has 0 aliphatic carbocycles. The van der Waals surface area contributed by atoms with Gasteiger partial charge in [-0.25, -0.2) is 0 Å². The third-order valence-electron chi connectivity index (χ3n) is 4.08. The van der Waals surface area contributed by atoms with Crippen LogP contribution in [-0.4, -0.2) is 51.3 Å². The molecule has 0 aromatic carbocycles. The largest absolute Gasteiger partial charge is 0.494 e. The van der Waals surface area contributed by atoms with E-state index in [1.165, 1.54) is 19.5 Å². The van der Waals surface area contributed by atoms with Gasteiger partial charge in [0.25, 0.3) is 5.91 Å². The topological polar surface area (TPSA) is 138 Å². The normalized spacial score (nSPS) is 11.3. The summed E-state index contributed by atoms with van der Waals surface area (Å²) in [6, 6.07) is 1.74. The van der Waals surface area contributed by atoms with Crippen molar-refractivity contribution in [2.45, 2.75) is 0 Å². The molecule has 0 bridgehead atoms. The van der Waals surface area contributed by atoms with Crippen LogP contribution >= 0.6 is 18.7 Å². The van der Waals surface area contributed by atoms with Crippen molar-refractivity contribution in [3.63, 3.8) is 0 Å². The van der Waals surface area contributed by atoms with Crippen LogP contribution in [0, 0.1) is 0 Å². The number of aromatic nitrogens is 5. The van der Waals surface area contributed by atoms with Gasteiger partial charge in [0.1, 0.15) is 12.8 Å². The molecule has 3 rings (SSSR count). The van der Waals surface area contributed by atoms with Crippen LogP contribution in [0.3, 0.4) is 0 Å². The van der Waals surface area contributed by atoms with E-state index in [0.717, 1.165) is 0 Å². The molecule has 29 heavy (non-hydrogen) atoms. The number of primary amides is 1. The van der Waals surface area contributed by atoms with Crippen molar-refractivity contribution in [3.8, 4) is 17.0 Å². The van der Waals surface area contributed by atoms with Crippen LogP contribution in [0.4, 0.5) is 11.4 Å². The van der Waals surface area contributed by atoms with Gasteiger partial charge in [-0.2, -0.15) is 10.2 Å². The Morgan fingerprint density at radius 2 is 2.03 bits per heavy atom. The molecule has 0 aliphatic heterocycles. The fourth-order valence-electron chi connectivity index (χ4n) is 2.82. The number of rotatable bonds is 6. The Balaban J connectivity index is 2.12. The van der Waals surface area contributed by atoms with Gasteiger partial charge in [0.15, 0.2) is 11.4 Å². The lowest BCUT2D eigenvalue weighted by Gasteiger charge is -2.15. The van der Waals surface area contributed by atoms with Crippen molar-refractivity contribution in [1.82, 2.24) is 25.0 Å². The lowest BCUT2D eigenvalue weighted by atomic mass is 10.1. The van der Waals surface area contributed by atoms with E-state index in [9.17, 15) is 9.36 Å². The third-order valence-corrected chi connectivity index (χ3v) is 5.89. The highest BCUT2D eigenvalue weighted by atomic mass is 35.5. The molecule has 3 N–H and O–H groups in total. The molecule has 3 aromatic rings. The summed E-state index contributed by atoms with van der Waals surface area (Å²) in [5, 5.41) is 15.0. The molecule has 10 nitrogen and oxygen atoms in total. The van der Waals surface area contributed by atoms with Crippen molar-refractivity contribution < 1.29 is 14.1 Å². The summed E-state index contributed by atoms with van der Waals surface area (Å²) in [4.78, 5) is 15.9. The highest BCUT2D eigenvalue weighted by Gasteiger charge is 2.22. The summed E-state index contributed by atoms with van der Waals surface area (Å²) >= 11 is 6.17. The number of nitrogens with one attached hydrogen (secondary N) is 1. The summed E-state index contributed by atoms with van der Waals surface area (Å²) in [5.74, 6) is -0.392. The first-order valence-corrected chi connectivity index (χ1v) is 11.3. The number of amides is 1. The Bertz CT molecular complexity index is 1140. The van der Waals surface area contributed by atoms with Gasteiger partial charge in [0.05, 0.1) is 46.9 Å². The maximum atomic E-state index is 12.5. The number of pyridine rings is 1. The molecule has 3 heterocycles. The van der Waals surface area contributed by atoms with Gasteiger partial charge in [0.2, 0.25) is 0 Å². The highest BCUT2D eigenvalue weighted by molar-refractivity contribution is 7.69. The molecule has 3 aromatic heterocycles. The SMILES string of the molecule is COc1c(Nc2c(Cl)cnnc2C(N)=O)cncc1-c1cc(P(C)(C)=O)n(C)n1. The summed E-state index contributed by atoms with van der Waals surface area (Å²) in [5.41, 5.74) is 7.54. The first kappa shape index (κ1) is 20.8. The van der Waals surface area contributed by atoms with Crippen LogP contribution in [0.25, 0.3) is 11.3 Å². The number of carbonyl (C=O) groups excluding carboxylic acids is 1. The molecule has 0 saturated carbocycles. The number of nitrogens with zero attached hydrogens (tertiary/aromatic N) is 5. The standard InChI is InChI=1S/C17H19ClN7O3P/c1-25-13(29(3,4)27)5-11(24-25)9-6-20-8-12(16(9)28-2)22-14-10(18)7-21-23-15(14)17(19)26/h5-8H,1-4H3,(H2,19,26)(H,21,22). The molecule has 0 saturated heterocycles. The number of nitrogens with two attached hydrogens (primary N) is 1. The zero-order chi connectivity index (χ0) is 21.3. The molecular weight excluding hydrogens is 417 g/mol. The predicted molar refractivity (Wildman–Crippen MR) is 111 cm³/mol. The summed E-state index contributed by atoms with van der Waals surface area (Å²) in [6.07, 6.45) is 4.36. The zero-order valence-electron chi connectivity index (χ0n) is 16.2. The Hall–Kier alpha value is -2.97. The van der Waals surface area contributed by atoms with E-state index < -0.39 is 13.0 Å². The van der Waals surface area contributed by atoms with Crippen molar-refractivity contribution in [3.05, 3.63) is 35.4 Å². The number of methoxy groups -OCH3 is 1. The average molecular weight is 436 g/mol. The number of hydrogen-bond acceptors (Lipinski definition) is 8. The van der Waals surface area contributed by atoms with Gasteiger partial charge < -0.3 is 20.4 Å². The van der Waals surface area contributed by atoms with Crippen LogP contribution in [-0.2, 0) is 11.6 Å². The van der Waals surface area contributed by atoms with E-state index in [2.05, 4.69) is 25.6 Å². The van der Waals surface area contributed by atoms with Crippen LogP contribution in [0.5, 0.6) is 5.75 Å². The fraction of sp³-hybridized carbons (Fsp3) is 0.235. The third kappa shape index (κ3) is 4.08. The number of anilines is 2. The number of carbonyl (C=O) groups is 1. The Kier molecular flexibility index (Phi) is 5.59. The molecule has 1 amide bonds. The minimum absolute atomic E-state index is 0.122. The van der Waals surface area contributed by atoms with E-state index in [1.807, 2.05) is 0 Å². The minimum atomic E-state index is -2.53. The van der Waals surface area contributed by atoms with E-state index in [-0.39, 0.29) is 16.4 Å². The second-order valence-electron chi connectivity index (χ2n) is 6.54. The maximum absolute atomic E-state index is 12.5. The van der Waals surface area contributed by atoms with Gasteiger partial charge in [-0.1, -0.05) is 11.6 Å². The Morgan fingerprint density at radius 1 is 1.31 bits per heavy atom. The average Bonchev–Trinajstić information content (AvgIpc) is 3.05. The molecule has 152 valence electrons. The summed E-state index contributed by atoms with van der Waals surface area (Å²) in [7, 11) is 0.680. The van der Waals surface area contributed by atoms with E-state index in [1.54, 1.807) is 37.3 Å². The lowest BCUT2D eigenvalue weighted by Crippen LogP contribution is -2.16. The first-order chi connectivity index (χ1) is 13.6. The van der Waals surface area contributed by atoms with Crippen LogP contribution in [0.2, 0.25) is 5.02 Å². The van der Waals surface area contributed by atoms with E-state index in [0.29, 0.717) is 28.1 Å². The summed E-state index contributed by atoms with van der Waals surface area (Å²) < 4.78 is 19.6. The molecule has 0 radical (unpaired) electrons. The Morgan fingerprint density at radius 3 is 2.62 bits per heavy atom. The molecule has 0 unspecified atom stereocenters. The van der Waals surface area contributed by atoms with Crippen molar-refractivity contribution in [1.29, 1.82) is 0 Å². The molecule has 12 heteroatoms. The van der Waals surface area contributed by atoms with E-state index >= 15 is 0 Å². The van der Waals surface area contributed by atoms with Crippen LogP contribution in [0.1, 0.15) is 10.5 Å². The molecule has 0 atom stereocenters. The van der Waals surface area contributed by atoms with Crippen molar-refractivity contribution in [2.24, 2.45) is 12.8 Å². The van der Waals surface area contributed by atoms with Gasteiger partial charge in [-0.15, -0.1) is 5.10 Å². The first-order valence-electron chi connectivity index (χ1n) is 8.33. The van der Waals surface area contributed by atoms with Crippen LogP contribution < -0.4 is 21.2 Å². The second kappa shape index (κ2) is 7.81. The molecule has 0 aliphatic rings. The van der Waals surface area contributed by atoms with Gasteiger partial charge in [0, 0.05) is 13.2 Å². The number of halogens is 1. The van der Waals surface area contributed by atoms with Gasteiger partial charge >= 0.3 is 0 Å². The quantitative estimate of drug-likeness (QED) is 0.561. The Labute approximate surface area is 171 Å². The highest BCUT2D eigenvalue weighted by Crippen LogP contribution is 2.40. The zero-order valence-corrected chi connectivity index (χ0v) is 17.8. The summed E-state index contributed by atoms with van der Waals surface area (Å²) in [6.45, 7) is 3.34. The van der Waals surface area contributed by atoms with E-state index in [4.69, 9.17) is 22.1 Å². The molecular formula is C17H19ClN7O3P. The fourth-order valence-corrected chi connectivity index (χ4v) is 4.18. The predicted octanol–water partition coefficient (Wildman–Crippen LogP) is 2.02. The number of hydrogen-bond donors (Lipinski definition) is 2. The van der Waals surface area contributed by atoms with Crippen molar-refractivity contribution in [2.75, 3.05) is 25.8 Å². The minimum Gasteiger partial charge on any atom is -0.494 e. The second-order valence-corrected chi connectivity index (χ2v) is 10.1. The monoisotopic (exact) mass is 435 g/mol. The van der Waals surface area contributed by atoms with Gasteiger partial charge in [-0.3, -0.25) is 14.5 Å². The maximum Gasteiger partial charge on any atom is 0.271 e.